The lowest BCUT2D eigenvalue weighted by Gasteiger charge is -2.10. The Balaban J connectivity index is 2.11. The highest BCUT2D eigenvalue weighted by Gasteiger charge is 2.21. The third kappa shape index (κ3) is 1.47. The van der Waals surface area contributed by atoms with E-state index >= 15 is 0 Å². The molecule has 1 aromatic carbocycles. The Morgan fingerprint density at radius 3 is 3.00 bits per heavy atom. The predicted octanol–water partition coefficient (Wildman–Crippen LogP) is 1.05. The van der Waals surface area contributed by atoms with Gasteiger partial charge in [0.2, 0.25) is 0 Å². The molecule has 86 valence electrons. The van der Waals surface area contributed by atoms with Gasteiger partial charge in [0, 0.05) is 24.8 Å². The van der Waals surface area contributed by atoms with Crippen LogP contribution in [0.5, 0.6) is 0 Å². The molecular weight excluding hydrogens is 216 g/mol. The van der Waals surface area contributed by atoms with Crippen molar-refractivity contribution in [1.82, 2.24) is 20.0 Å². The van der Waals surface area contributed by atoms with E-state index in [2.05, 4.69) is 10.4 Å². The molecule has 0 aliphatic carbocycles. The van der Waals surface area contributed by atoms with Gasteiger partial charge in [-0.3, -0.25) is 14.4 Å². The molecule has 1 aliphatic rings. The van der Waals surface area contributed by atoms with Crippen LogP contribution in [0.4, 0.5) is 0 Å². The fourth-order valence-electron chi connectivity index (χ4n) is 1.99. The van der Waals surface area contributed by atoms with Crippen molar-refractivity contribution in [3.63, 3.8) is 0 Å². The van der Waals surface area contributed by atoms with Crippen LogP contribution in [-0.4, -0.2) is 27.3 Å². The zero-order valence-corrected chi connectivity index (χ0v) is 9.42. The summed E-state index contributed by atoms with van der Waals surface area (Å²) in [6.07, 6.45) is 3.48. The molecule has 2 aromatic rings. The minimum atomic E-state index is -0.0805. The van der Waals surface area contributed by atoms with Crippen molar-refractivity contribution in [1.29, 1.82) is 0 Å². The molecule has 1 aromatic heterocycles. The summed E-state index contributed by atoms with van der Waals surface area (Å²) in [5.41, 5.74) is 1.46. The highest BCUT2D eigenvalue weighted by atomic mass is 16.2. The minimum absolute atomic E-state index is 0.0805. The van der Waals surface area contributed by atoms with Crippen LogP contribution in [0, 0.1) is 0 Å². The molecule has 0 unspecified atom stereocenters. The number of rotatable bonds is 1. The first-order valence-electron chi connectivity index (χ1n) is 5.40. The molecule has 2 heterocycles. The number of amides is 1. The van der Waals surface area contributed by atoms with Crippen molar-refractivity contribution < 1.29 is 4.79 Å². The lowest BCUT2D eigenvalue weighted by atomic mass is 10.2. The number of hydrogen-bond donors (Lipinski definition) is 1. The number of carbonyl (C=O) groups excluding carboxylic acids is 1. The van der Waals surface area contributed by atoms with Crippen molar-refractivity contribution in [2.24, 2.45) is 7.05 Å². The molecule has 3 rings (SSSR count). The highest BCUT2D eigenvalue weighted by molar-refractivity contribution is 6.05. The largest absolute Gasteiger partial charge is 0.372 e. The molecule has 0 bridgehead atoms. The Kier molecular flexibility index (Phi) is 2.11. The summed E-state index contributed by atoms with van der Waals surface area (Å²) in [4.78, 5) is 13.8. The van der Waals surface area contributed by atoms with Gasteiger partial charge in [-0.2, -0.15) is 5.10 Å². The second kappa shape index (κ2) is 3.62. The summed E-state index contributed by atoms with van der Waals surface area (Å²) < 4.78 is 1.73. The summed E-state index contributed by atoms with van der Waals surface area (Å²) in [7, 11) is 1.84. The molecule has 0 radical (unpaired) electrons. The van der Waals surface area contributed by atoms with E-state index in [0.29, 0.717) is 12.4 Å². The third-order valence-corrected chi connectivity index (χ3v) is 2.86. The van der Waals surface area contributed by atoms with Crippen LogP contribution in [0.2, 0.25) is 0 Å². The Morgan fingerprint density at radius 2 is 2.24 bits per heavy atom. The van der Waals surface area contributed by atoms with Crippen LogP contribution in [0.3, 0.4) is 0 Å². The fourth-order valence-corrected chi connectivity index (χ4v) is 1.99. The predicted molar refractivity (Wildman–Crippen MR) is 64.0 cm³/mol. The van der Waals surface area contributed by atoms with Gasteiger partial charge >= 0.3 is 0 Å². The number of para-hydroxylation sites is 1. The lowest BCUT2D eigenvalue weighted by molar-refractivity contribution is 0.0824. The van der Waals surface area contributed by atoms with E-state index in [1.165, 1.54) is 0 Å². The fraction of sp³-hybridized carbons (Fsp3) is 0.167. The van der Waals surface area contributed by atoms with Crippen LogP contribution in [-0.2, 0) is 7.05 Å². The molecule has 5 heteroatoms. The van der Waals surface area contributed by atoms with Crippen molar-refractivity contribution in [3.05, 3.63) is 42.4 Å². The van der Waals surface area contributed by atoms with Crippen LogP contribution in [0.1, 0.15) is 10.5 Å². The number of nitrogens with one attached hydrogen (secondary N) is 1. The first-order valence-corrected chi connectivity index (χ1v) is 5.40. The summed E-state index contributed by atoms with van der Waals surface area (Å²) in [5, 5.41) is 8.16. The van der Waals surface area contributed by atoms with Crippen LogP contribution in [0.25, 0.3) is 10.9 Å². The summed E-state index contributed by atoms with van der Waals surface area (Å²) in [6, 6.07) is 7.73. The first-order chi connectivity index (χ1) is 8.27. The zero-order valence-electron chi connectivity index (χ0n) is 9.42. The molecule has 17 heavy (non-hydrogen) atoms. The van der Waals surface area contributed by atoms with Crippen molar-refractivity contribution >= 4 is 16.8 Å². The van der Waals surface area contributed by atoms with E-state index in [1.54, 1.807) is 22.0 Å². The van der Waals surface area contributed by atoms with Gasteiger partial charge in [-0.05, 0) is 6.07 Å². The third-order valence-electron chi connectivity index (χ3n) is 2.86. The summed E-state index contributed by atoms with van der Waals surface area (Å²) in [5.74, 6) is -0.0805. The van der Waals surface area contributed by atoms with Gasteiger partial charge in [0.1, 0.15) is 0 Å². The van der Waals surface area contributed by atoms with E-state index in [9.17, 15) is 4.79 Å². The highest BCUT2D eigenvalue weighted by Crippen LogP contribution is 2.19. The maximum absolute atomic E-state index is 12.2. The van der Waals surface area contributed by atoms with Gasteiger partial charge in [0.25, 0.3) is 5.91 Å². The van der Waals surface area contributed by atoms with Crippen LogP contribution in [0.15, 0.2) is 36.7 Å². The van der Waals surface area contributed by atoms with E-state index in [0.717, 1.165) is 10.9 Å². The maximum atomic E-state index is 12.2. The Hall–Kier alpha value is -2.30. The lowest BCUT2D eigenvalue weighted by Crippen LogP contribution is -2.28. The normalized spacial score (nSPS) is 14.3. The second-order valence-corrected chi connectivity index (χ2v) is 3.94. The standard InChI is InChI=1S/C12H12N4O/c1-15-10-5-3-2-4-9(10)11(14-15)12(17)16-7-6-13-8-16/h2-7,13H,8H2,1H3. The Morgan fingerprint density at radius 1 is 1.41 bits per heavy atom. The van der Waals surface area contributed by atoms with Crippen molar-refractivity contribution in [2.45, 2.75) is 0 Å². The molecule has 1 aliphatic heterocycles. The average molecular weight is 228 g/mol. The van der Waals surface area contributed by atoms with Gasteiger partial charge in [-0.1, -0.05) is 18.2 Å². The molecule has 0 saturated carbocycles. The molecular formula is C12H12N4O. The summed E-state index contributed by atoms with van der Waals surface area (Å²) >= 11 is 0. The Bertz CT molecular complexity index is 614. The number of nitrogens with zero attached hydrogens (tertiary/aromatic N) is 3. The van der Waals surface area contributed by atoms with Crippen molar-refractivity contribution in [2.75, 3.05) is 6.67 Å². The molecule has 5 nitrogen and oxygen atoms in total. The van der Waals surface area contributed by atoms with E-state index in [1.807, 2.05) is 31.3 Å². The van der Waals surface area contributed by atoms with Gasteiger partial charge < -0.3 is 5.32 Å². The minimum Gasteiger partial charge on any atom is -0.372 e. The number of fused-ring (bicyclic) bond motifs is 1. The Labute approximate surface area is 98.3 Å². The smallest absolute Gasteiger partial charge is 0.280 e. The molecule has 0 fully saturated rings. The van der Waals surface area contributed by atoms with E-state index in [4.69, 9.17) is 0 Å². The number of benzene rings is 1. The van der Waals surface area contributed by atoms with Gasteiger partial charge in [0.15, 0.2) is 5.69 Å². The van der Waals surface area contributed by atoms with E-state index < -0.39 is 0 Å². The average Bonchev–Trinajstić information content (AvgIpc) is 2.97. The van der Waals surface area contributed by atoms with Crippen molar-refractivity contribution in [3.8, 4) is 0 Å². The molecule has 0 spiro atoms. The topological polar surface area (TPSA) is 50.2 Å². The first kappa shape index (κ1) is 9.89. The second-order valence-electron chi connectivity index (χ2n) is 3.94. The molecule has 1 N–H and O–H groups in total. The van der Waals surface area contributed by atoms with Gasteiger partial charge in [0.05, 0.1) is 12.2 Å². The number of carbonyl (C=O) groups is 1. The molecule has 0 atom stereocenters. The number of hydrogen-bond acceptors (Lipinski definition) is 3. The van der Waals surface area contributed by atoms with E-state index in [-0.39, 0.29) is 5.91 Å². The quantitative estimate of drug-likeness (QED) is 0.793. The van der Waals surface area contributed by atoms with Gasteiger partial charge in [-0.15, -0.1) is 0 Å². The van der Waals surface area contributed by atoms with Gasteiger partial charge in [-0.25, -0.2) is 0 Å². The monoisotopic (exact) mass is 228 g/mol. The van der Waals surface area contributed by atoms with Crippen LogP contribution >= 0.6 is 0 Å². The molecule has 1 amide bonds. The maximum Gasteiger partial charge on any atom is 0.280 e. The SMILES string of the molecule is Cn1nc(C(=O)N2C=CNC2)c2ccccc21. The molecule has 0 saturated heterocycles. The summed E-state index contributed by atoms with van der Waals surface area (Å²) in [6.45, 7) is 0.504. The zero-order chi connectivity index (χ0) is 11.8. The number of aryl methyl sites for hydroxylation is 1. The number of aromatic nitrogens is 2. The van der Waals surface area contributed by atoms with Crippen LogP contribution < -0.4 is 5.32 Å².